The third-order valence-corrected chi connectivity index (χ3v) is 10.4. The topological polar surface area (TPSA) is 103 Å². The zero-order chi connectivity index (χ0) is 32.3. The van der Waals surface area contributed by atoms with Crippen molar-refractivity contribution >= 4 is 50.3 Å². The molecule has 2 aliphatic heterocycles. The summed E-state index contributed by atoms with van der Waals surface area (Å²) in [6, 6.07) is 9.98. The Balaban J connectivity index is 1.33. The van der Waals surface area contributed by atoms with Gasteiger partial charge >= 0.3 is 5.97 Å². The summed E-state index contributed by atoms with van der Waals surface area (Å²) in [4.78, 5) is 30.3. The highest BCUT2D eigenvalue weighted by molar-refractivity contribution is 7.22. The summed E-state index contributed by atoms with van der Waals surface area (Å²) >= 11 is 7.76. The predicted octanol–water partition coefficient (Wildman–Crippen LogP) is 7.39. The molecule has 5 heterocycles. The lowest BCUT2D eigenvalue weighted by Crippen LogP contribution is -2.51. The Morgan fingerprint density at radius 3 is 2.50 bits per heavy atom. The number of carboxylic acids is 1. The Morgan fingerprint density at radius 1 is 1.15 bits per heavy atom. The van der Waals surface area contributed by atoms with Gasteiger partial charge in [-0.25, -0.2) is 19.7 Å². The van der Waals surface area contributed by atoms with E-state index in [9.17, 15) is 9.90 Å². The second-order valence-electron chi connectivity index (χ2n) is 13.4. The van der Waals surface area contributed by atoms with Crippen molar-refractivity contribution in [2.75, 3.05) is 26.3 Å². The van der Waals surface area contributed by atoms with Crippen LogP contribution in [0.4, 0.5) is 0 Å². The van der Waals surface area contributed by atoms with E-state index in [-0.39, 0.29) is 0 Å². The van der Waals surface area contributed by atoms with Crippen molar-refractivity contribution in [2.45, 2.75) is 64.2 Å². The molecular formula is C35H38ClN5O4S. The maximum Gasteiger partial charge on any atom is 0.337 e. The molecule has 2 saturated heterocycles. The number of halogens is 1. The average molecular weight is 660 g/mol. The number of hydrogen-bond donors (Lipinski definition) is 1. The summed E-state index contributed by atoms with van der Waals surface area (Å²) < 4.78 is 14.5. The molecule has 1 atom stereocenters. The number of benzene rings is 2. The van der Waals surface area contributed by atoms with Crippen molar-refractivity contribution in [3.63, 3.8) is 0 Å². The van der Waals surface area contributed by atoms with Crippen molar-refractivity contribution in [3.8, 4) is 21.8 Å². The van der Waals surface area contributed by atoms with Gasteiger partial charge in [-0.05, 0) is 88.9 Å². The van der Waals surface area contributed by atoms with Crippen LogP contribution in [0.2, 0.25) is 5.02 Å². The number of fused-ring (bicyclic) bond motifs is 2. The molecule has 0 spiro atoms. The van der Waals surface area contributed by atoms with E-state index in [1.54, 1.807) is 6.20 Å². The van der Waals surface area contributed by atoms with Crippen LogP contribution >= 0.6 is 22.9 Å². The minimum atomic E-state index is -1.17. The number of thiazole rings is 1. The molecule has 240 valence electrons. The van der Waals surface area contributed by atoms with E-state index in [2.05, 4.69) is 15.7 Å². The Hall–Kier alpha value is -3.41. The fourth-order valence-electron chi connectivity index (χ4n) is 6.73. The van der Waals surface area contributed by atoms with Gasteiger partial charge in [0.1, 0.15) is 16.2 Å². The van der Waals surface area contributed by atoms with E-state index in [0.29, 0.717) is 28.2 Å². The number of ether oxygens (including phenoxy) is 2. The first kappa shape index (κ1) is 31.2. The SMILES string of the molecule is Cc1cc2nc(-c3cnc4c(n3)c(C3CCN(C5COC5)CC3)cn4C)sc2c(-c2ccc(Cl)cc2)c1[C@H](OC(C)(C)C)C(=O)O. The molecule has 2 aromatic carbocycles. The molecule has 46 heavy (non-hydrogen) atoms. The maximum atomic E-state index is 12.7. The van der Waals surface area contributed by atoms with Crippen molar-refractivity contribution in [3.05, 3.63) is 64.4 Å². The van der Waals surface area contributed by atoms with Crippen LogP contribution in [0.15, 0.2) is 42.7 Å². The van der Waals surface area contributed by atoms with Gasteiger partial charge in [0.05, 0.1) is 41.3 Å². The largest absolute Gasteiger partial charge is 0.479 e. The molecule has 0 radical (unpaired) electrons. The summed E-state index contributed by atoms with van der Waals surface area (Å²) in [7, 11) is 2.03. The number of aromatic nitrogens is 4. The van der Waals surface area contributed by atoms with Gasteiger partial charge in [-0.3, -0.25) is 4.90 Å². The number of piperidine rings is 1. The number of carbonyl (C=O) groups is 1. The van der Waals surface area contributed by atoms with E-state index >= 15 is 0 Å². The van der Waals surface area contributed by atoms with Crippen LogP contribution in [0.5, 0.6) is 0 Å². The van der Waals surface area contributed by atoms with Gasteiger partial charge in [0.2, 0.25) is 0 Å². The Morgan fingerprint density at radius 2 is 1.87 bits per heavy atom. The monoisotopic (exact) mass is 659 g/mol. The normalized spacial score (nSPS) is 17.5. The molecule has 2 aliphatic rings. The molecule has 5 aromatic rings. The number of aryl methyl sites for hydroxylation is 2. The van der Waals surface area contributed by atoms with E-state index < -0.39 is 17.7 Å². The Bertz CT molecular complexity index is 1940. The van der Waals surface area contributed by atoms with Crippen molar-refractivity contribution < 1.29 is 19.4 Å². The molecule has 0 amide bonds. The molecule has 7 rings (SSSR count). The second kappa shape index (κ2) is 12.0. The van der Waals surface area contributed by atoms with Crippen molar-refractivity contribution in [2.24, 2.45) is 7.05 Å². The summed E-state index contributed by atoms with van der Waals surface area (Å²) in [6.07, 6.45) is 4.97. The number of likely N-dealkylation sites (tertiary alicyclic amines) is 1. The first-order valence-electron chi connectivity index (χ1n) is 15.7. The zero-order valence-corrected chi connectivity index (χ0v) is 28.3. The second-order valence-corrected chi connectivity index (χ2v) is 14.9. The molecule has 0 unspecified atom stereocenters. The molecule has 2 fully saturated rings. The number of carboxylic acid groups (broad SMARTS) is 1. The lowest BCUT2D eigenvalue weighted by atomic mass is 9.89. The summed E-state index contributed by atoms with van der Waals surface area (Å²) in [5, 5.41) is 11.7. The lowest BCUT2D eigenvalue weighted by molar-refractivity contribution is -0.160. The highest BCUT2D eigenvalue weighted by Crippen LogP contribution is 2.44. The van der Waals surface area contributed by atoms with Crippen LogP contribution in [0.25, 0.3) is 43.2 Å². The first-order valence-corrected chi connectivity index (χ1v) is 16.9. The highest BCUT2D eigenvalue weighted by Gasteiger charge is 2.34. The quantitative estimate of drug-likeness (QED) is 0.193. The molecular weight excluding hydrogens is 622 g/mol. The van der Waals surface area contributed by atoms with E-state index in [1.165, 1.54) is 16.9 Å². The summed E-state index contributed by atoms with van der Waals surface area (Å²) in [5.74, 6) is -0.629. The van der Waals surface area contributed by atoms with Crippen LogP contribution in [-0.4, -0.2) is 73.4 Å². The minimum Gasteiger partial charge on any atom is -0.479 e. The summed E-state index contributed by atoms with van der Waals surface area (Å²) in [6.45, 7) is 11.3. The number of aliphatic carboxylic acids is 1. The van der Waals surface area contributed by atoms with Crippen LogP contribution in [0, 0.1) is 6.92 Å². The Labute approximate surface area is 277 Å². The number of rotatable bonds is 7. The van der Waals surface area contributed by atoms with Crippen LogP contribution in [0.1, 0.15) is 62.3 Å². The highest BCUT2D eigenvalue weighted by atomic mass is 35.5. The van der Waals surface area contributed by atoms with Gasteiger partial charge in [0.25, 0.3) is 0 Å². The van der Waals surface area contributed by atoms with Gasteiger partial charge < -0.3 is 19.1 Å². The average Bonchev–Trinajstić information content (AvgIpc) is 3.55. The van der Waals surface area contributed by atoms with Gasteiger partial charge in [-0.15, -0.1) is 11.3 Å². The Kier molecular flexibility index (Phi) is 8.13. The molecule has 0 saturated carbocycles. The van der Waals surface area contributed by atoms with Crippen molar-refractivity contribution in [1.29, 1.82) is 0 Å². The third-order valence-electron chi connectivity index (χ3n) is 9.04. The third kappa shape index (κ3) is 5.82. The maximum absolute atomic E-state index is 12.7. The minimum absolute atomic E-state index is 0.415. The van der Waals surface area contributed by atoms with Gasteiger partial charge in [0.15, 0.2) is 11.8 Å². The molecule has 1 N–H and O–H groups in total. The lowest BCUT2D eigenvalue weighted by Gasteiger charge is -2.41. The van der Waals surface area contributed by atoms with Crippen LogP contribution in [-0.2, 0) is 21.3 Å². The van der Waals surface area contributed by atoms with Gasteiger partial charge in [0, 0.05) is 35.0 Å². The van der Waals surface area contributed by atoms with Crippen molar-refractivity contribution in [1.82, 2.24) is 24.4 Å². The standard InChI is InChI=1S/C35H38ClN5O4S/c1-19-14-25-31(28(21-6-8-22(36)9-7-21)27(19)30(34(42)43)45-35(2,3)4)46-33(39-25)26-15-37-32-29(38-26)24(16-40(32)5)20-10-12-41(13-11-20)23-17-44-18-23/h6-9,14-16,20,23,30H,10-13,17-18H2,1-5H3,(H,42,43)/t30-/m0/s1. The molecule has 0 bridgehead atoms. The smallest absolute Gasteiger partial charge is 0.337 e. The van der Waals surface area contributed by atoms with Crippen LogP contribution in [0.3, 0.4) is 0 Å². The fraction of sp³-hybridized carbons (Fsp3) is 0.429. The summed E-state index contributed by atoms with van der Waals surface area (Å²) in [5.41, 5.74) is 6.84. The molecule has 3 aromatic heterocycles. The first-order chi connectivity index (χ1) is 22.0. The van der Waals surface area contributed by atoms with Gasteiger partial charge in [-0.1, -0.05) is 23.7 Å². The van der Waals surface area contributed by atoms with Crippen LogP contribution < -0.4 is 0 Å². The van der Waals surface area contributed by atoms with E-state index in [1.807, 2.05) is 65.1 Å². The van der Waals surface area contributed by atoms with E-state index in [4.69, 9.17) is 36.0 Å². The predicted molar refractivity (Wildman–Crippen MR) is 182 cm³/mol. The zero-order valence-electron chi connectivity index (χ0n) is 26.7. The fourth-order valence-corrected chi connectivity index (χ4v) is 7.93. The number of hydrogen-bond acceptors (Lipinski definition) is 8. The molecule has 11 heteroatoms. The van der Waals surface area contributed by atoms with E-state index in [0.717, 1.165) is 82.2 Å². The molecule has 0 aliphatic carbocycles. The number of nitrogens with zero attached hydrogens (tertiary/aromatic N) is 5. The molecule has 9 nitrogen and oxygen atoms in total. The van der Waals surface area contributed by atoms with Gasteiger partial charge in [-0.2, -0.15) is 0 Å².